The highest BCUT2D eigenvalue weighted by molar-refractivity contribution is 5.61. The van der Waals surface area contributed by atoms with E-state index in [0.29, 0.717) is 17.4 Å². The Hall–Kier alpha value is -2.80. The van der Waals surface area contributed by atoms with Gasteiger partial charge in [-0.3, -0.25) is 15.0 Å². The highest BCUT2D eigenvalue weighted by Crippen LogP contribution is 2.23. The van der Waals surface area contributed by atoms with Gasteiger partial charge in [0.25, 0.3) is 5.69 Å². The van der Waals surface area contributed by atoms with Crippen LogP contribution in [0.1, 0.15) is 18.5 Å². The van der Waals surface area contributed by atoms with E-state index in [4.69, 9.17) is 0 Å². The van der Waals surface area contributed by atoms with Crippen molar-refractivity contribution in [3.05, 3.63) is 58.8 Å². The summed E-state index contributed by atoms with van der Waals surface area (Å²) in [6, 6.07) is 8.70. The van der Waals surface area contributed by atoms with E-state index in [-0.39, 0.29) is 5.69 Å². The van der Waals surface area contributed by atoms with Crippen molar-refractivity contribution >= 4 is 11.5 Å². The molecule has 1 fully saturated rings. The molecule has 1 aromatic carbocycles. The molecule has 3 rings (SSSR count). The first-order valence-corrected chi connectivity index (χ1v) is 8.75. The number of non-ortho nitro benzene ring substituents is 1. The lowest BCUT2D eigenvalue weighted by atomic mass is 10.1. The zero-order valence-electron chi connectivity index (χ0n) is 14.9. The van der Waals surface area contributed by atoms with Gasteiger partial charge in [-0.1, -0.05) is 18.2 Å². The van der Waals surface area contributed by atoms with Gasteiger partial charge >= 0.3 is 0 Å². The molecule has 1 aliphatic rings. The molecule has 0 unspecified atom stereocenters. The molecule has 7 heteroatoms. The first-order chi connectivity index (χ1) is 12.5. The number of aryl methyl sites for hydroxylation is 1. The summed E-state index contributed by atoms with van der Waals surface area (Å²) in [7, 11) is 0. The summed E-state index contributed by atoms with van der Waals surface area (Å²) >= 11 is 0. The minimum Gasteiger partial charge on any atom is -0.367 e. The second-order valence-corrected chi connectivity index (χ2v) is 6.53. The molecule has 0 radical (unpaired) electrons. The number of nitrogens with zero attached hydrogens (tertiary/aromatic N) is 4. The van der Waals surface area contributed by atoms with Crippen molar-refractivity contribution in [3.63, 3.8) is 0 Å². The average Bonchev–Trinajstić information content (AvgIpc) is 2.63. The predicted octanol–water partition coefficient (Wildman–Crippen LogP) is 3.42. The molecular formula is C19H23N5O2. The quantitative estimate of drug-likeness (QED) is 0.487. The minimum atomic E-state index is -0.407. The number of rotatable bonds is 6. The molecule has 136 valence electrons. The van der Waals surface area contributed by atoms with Gasteiger partial charge in [0.1, 0.15) is 5.82 Å². The number of hydrogen-bond donors (Lipinski definition) is 1. The number of aromatic nitrogens is 2. The lowest BCUT2D eigenvalue weighted by Crippen LogP contribution is -2.39. The van der Waals surface area contributed by atoms with E-state index < -0.39 is 4.92 Å². The Balaban J connectivity index is 1.75. The molecule has 0 atom stereocenters. The molecule has 1 N–H and O–H groups in total. The Morgan fingerprint density at radius 3 is 2.81 bits per heavy atom. The number of hydrogen-bond acceptors (Lipinski definition) is 6. The third-order valence-electron chi connectivity index (χ3n) is 4.50. The number of benzene rings is 1. The molecule has 0 bridgehead atoms. The van der Waals surface area contributed by atoms with Crippen LogP contribution in [0.5, 0.6) is 0 Å². The zero-order valence-corrected chi connectivity index (χ0v) is 14.9. The summed E-state index contributed by atoms with van der Waals surface area (Å²) in [4.78, 5) is 22.0. The third-order valence-corrected chi connectivity index (χ3v) is 4.50. The molecule has 2 heterocycles. The first-order valence-electron chi connectivity index (χ1n) is 8.75. The lowest BCUT2D eigenvalue weighted by Gasteiger charge is -2.31. The SMILES string of the molecule is C=CCN1CCC(Nc2cc(C)nc(-c3cccc([N+](=O)[O-])c3)n2)CC1. The normalized spacial score (nSPS) is 15.6. The lowest BCUT2D eigenvalue weighted by molar-refractivity contribution is -0.384. The van der Waals surface area contributed by atoms with E-state index in [9.17, 15) is 10.1 Å². The van der Waals surface area contributed by atoms with Crippen molar-refractivity contribution in [2.75, 3.05) is 25.0 Å². The second-order valence-electron chi connectivity index (χ2n) is 6.53. The summed E-state index contributed by atoms with van der Waals surface area (Å²) in [5.41, 5.74) is 1.51. The highest BCUT2D eigenvalue weighted by atomic mass is 16.6. The summed E-state index contributed by atoms with van der Waals surface area (Å²) in [6.07, 6.45) is 4.03. The van der Waals surface area contributed by atoms with Gasteiger partial charge in [-0.2, -0.15) is 0 Å². The molecule has 0 amide bonds. The third kappa shape index (κ3) is 4.43. The molecule has 0 spiro atoms. The molecule has 26 heavy (non-hydrogen) atoms. The van der Waals surface area contributed by atoms with Gasteiger partial charge in [-0.15, -0.1) is 6.58 Å². The van der Waals surface area contributed by atoms with Gasteiger partial charge in [0.15, 0.2) is 5.82 Å². The number of nitro groups is 1. The topological polar surface area (TPSA) is 84.2 Å². The summed E-state index contributed by atoms with van der Waals surface area (Å²) in [5.74, 6) is 1.27. The maximum Gasteiger partial charge on any atom is 0.270 e. The first kappa shape index (κ1) is 18.0. The van der Waals surface area contributed by atoms with Crippen LogP contribution in [0.15, 0.2) is 43.0 Å². The molecule has 1 aromatic heterocycles. The second kappa shape index (κ2) is 8.05. The number of nitro benzene ring substituents is 1. The monoisotopic (exact) mass is 353 g/mol. The van der Waals surface area contributed by atoms with Crippen molar-refractivity contribution in [3.8, 4) is 11.4 Å². The maximum atomic E-state index is 11.0. The van der Waals surface area contributed by atoms with Gasteiger partial charge in [0.05, 0.1) is 4.92 Å². The van der Waals surface area contributed by atoms with E-state index in [1.165, 1.54) is 12.1 Å². The van der Waals surface area contributed by atoms with Crippen LogP contribution in [0.3, 0.4) is 0 Å². The fraction of sp³-hybridized carbons (Fsp3) is 0.368. The number of likely N-dealkylation sites (tertiary alicyclic amines) is 1. The van der Waals surface area contributed by atoms with E-state index in [0.717, 1.165) is 44.0 Å². The molecule has 0 saturated carbocycles. The molecule has 1 aliphatic heterocycles. The Kier molecular flexibility index (Phi) is 5.58. The molecule has 7 nitrogen and oxygen atoms in total. The predicted molar refractivity (Wildman–Crippen MR) is 102 cm³/mol. The van der Waals surface area contributed by atoms with Gasteiger partial charge in [-0.05, 0) is 19.8 Å². The van der Waals surface area contributed by atoms with Crippen molar-refractivity contribution < 1.29 is 4.92 Å². The van der Waals surface area contributed by atoms with Crippen LogP contribution in [0, 0.1) is 17.0 Å². The Morgan fingerprint density at radius 2 is 2.12 bits per heavy atom. The van der Waals surface area contributed by atoms with Crippen LogP contribution in [-0.4, -0.2) is 45.5 Å². The van der Waals surface area contributed by atoms with Crippen LogP contribution in [-0.2, 0) is 0 Å². The van der Waals surface area contributed by atoms with Crippen LogP contribution >= 0.6 is 0 Å². The summed E-state index contributed by atoms with van der Waals surface area (Å²) < 4.78 is 0. The highest BCUT2D eigenvalue weighted by Gasteiger charge is 2.19. The van der Waals surface area contributed by atoms with Crippen molar-refractivity contribution in [2.45, 2.75) is 25.8 Å². The van der Waals surface area contributed by atoms with E-state index in [1.54, 1.807) is 12.1 Å². The number of piperidine rings is 1. The van der Waals surface area contributed by atoms with Crippen LogP contribution in [0.4, 0.5) is 11.5 Å². The standard InChI is InChI=1S/C19H23N5O2/c1-3-9-23-10-7-16(8-11-23)21-18-12-14(2)20-19(22-18)15-5-4-6-17(13-15)24(25)26/h3-6,12-13,16H,1,7-11H2,2H3,(H,20,21,22). The van der Waals surface area contributed by atoms with Crippen LogP contribution in [0.25, 0.3) is 11.4 Å². The maximum absolute atomic E-state index is 11.0. The largest absolute Gasteiger partial charge is 0.367 e. The van der Waals surface area contributed by atoms with Gasteiger partial charge in [0.2, 0.25) is 0 Å². The Labute approximate surface area is 152 Å². The summed E-state index contributed by atoms with van der Waals surface area (Å²) in [5, 5.41) is 14.5. The average molecular weight is 353 g/mol. The molecule has 0 aliphatic carbocycles. The zero-order chi connectivity index (χ0) is 18.5. The fourth-order valence-electron chi connectivity index (χ4n) is 3.18. The van der Waals surface area contributed by atoms with Gasteiger partial charge in [0, 0.05) is 55.1 Å². The summed E-state index contributed by atoms with van der Waals surface area (Å²) in [6.45, 7) is 8.69. The van der Waals surface area contributed by atoms with Crippen LogP contribution < -0.4 is 5.32 Å². The van der Waals surface area contributed by atoms with Crippen LogP contribution in [0.2, 0.25) is 0 Å². The molecular weight excluding hydrogens is 330 g/mol. The minimum absolute atomic E-state index is 0.0386. The van der Waals surface area contributed by atoms with Crippen molar-refractivity contribution in [1.82, 2.24) is 14.9 Å². The smallest absolute Gasteiger partial charge is 0.270 e. The molecule has 2 aromatic rings. The molecule has 1 saturated heterocycles. The van der Waals surface area contributed by atoms with E-state index in [1.807, 2.05) is 19.1 Å². The van der Waals surface area contributed by atoms with E-state index >= 15 is 0 Å². The van der Waals surface area contributed by atoms with Gasteiger partial charge in [-0.25, -0.2) is 9.97 Å². The number of nitrogens with one attached hydrogen (secondary N) is 1. The number of anilines is 1. The van der Waals surface area contributed by atoms with E-state index in [2.05, 4.69) is 26.8 Å². The Morgan fingerprint density at radius 1 is 1.35 bits per heavy atom. The van der Waals surface area contributed by atoms with Crippen molar-refractivity contribution in [2.24, 2.45) is 0 Å². The fourth-order valence-corrected chi connectivity index (χ4v) is 3.18. The Bertz CT molecular complexity index is 800. The van der Waals surface area contributed by atoms with Gasteiger partial charge < -0.3 is 5.32 Å². The van der Waals surface area contributed by atoms with Crippen molar-refractivity contribution in [1.29, 1.82) is 0 Å².